The maximum atomic E-state index is 4.23. The van der Waals surface area contributed by atoms with Crippen LogP contribution in [0.3, 0.4) is 0 Å². The minimum Gasteiger partial charge on any atom is -0.311 e. The van der Waals surface area contributed by atoms with Crippen molar-refractivity contribution in [3.05, 3.63) is 16.4 Å². The fourth-order valence-electron chi connectivity index (χ4n) is 1.70. The van der Waals surface area contributed by atoms with Gasteiger partial charge in [-0.2, -0.15) is 5.10 Å². The van der Waals surface area contributed by atoms with Crippen molar-refractivity contribution in [3.8, 4) is 0 Å². The van der Waals surface area contributed by atoms with E-state index >= 15 is 0 Å². The van der Waals surface area contributed by atoms with Crippen LogP contribution in [0.4, 0.5) is 0 Å². The van der Waals surface area contributed by atoms with Crippen molar-refractivity contribution >= 4 is 15.9 Å². The molecule has 1 aromatic heterocycles. The van der Waals surface area contributed by atoms with Gasteiger partial charge in [0, 0.05) is 7.05 Å². The maximum Gasteiger partial charge on any atom is 0.0694 e. The Balaban J connectivity index is 2.99. The van der Waals surface area contributed by atoms with Gasteiger partial charge in [-0.05, 0) is 28.9 Å². The summed E-state index contributed by atoms with van der Waals surface area (Å²) in [5.41, 5.74) is 1.22. The SMILES string of the molecule is CCC(C)C(NC)c1c(Br)cnn1C. The molecule has 0 bridgehead atoms. The summed E-state index contributed by atoms with van der Waals surface area (Å²) in [6, 6.07) is 0.363. The third kappa shape index (κ3) is 2.17. The molecule has 3 nitrogen and oxygen atoms in total. The highest BCUT2D eigenvalue weighted by molar-refractivity contribution is 9.10. The molecule has 1 N–H and O–H groups in total. The molecule has 14 heavy (non-hydrogen) atoms. The first-order valence-corrected chi connectivity index (χ1v) is 5.75. The molecule has 1 rings (SSSR count). The lowest BCUT2D eigenvalue weighted by molar-refractivity contribution is 0.379. The molecular formula is C10H18BrN3. The Hall–Kier alpha value is -0.350. The molecule has 0 aliphatic rings. The van der Waals surface area contributed by atoms with Gasteiger partial charge in [-0.25, -0.2) is 0 Å². The summed E-state index contributed by atoms with van der Waals surface area (Å²) in [5.74, 6) is 0.603. The smallest absolute Gasteiger partial charge is 0.0694 e. The van der Waals surface area contributed by atoms with Crippen molar-refractivity contribution < 1.29 is 0 Å². The van der Waals surface area contributed by atoms with Gasteiger partial charge in [-0.3, -0.25) is 4.68 Å². The van der Waals surface area contributed by atoms with Crippen LogP contribution >= 0.6 is 15.9 Å². The predicted octanol–water partition coefficient (Wildman–Crippen LogP) is 2.49. The average Bonchev–Trinajstić information content (AvgIpc) is 2.50. The summed E-state index contributed by atoms with van der Waals surface area (Å²) >= 11 is 3.53. The summed E-state index contributed by atoms with van der Waals surface area (Å²) in [5, 5.41) is 7.58. The van der Waals surface area contributed by atoms with Gasteiger partial charge in [-0.15, -0.1) is 0 Å². The van der Waals surface area contributed by atoms with E-state index in [1.54, 1.807) is 0 Å². The van der Waals surface area contributed by atoms with E-state index in [0.29, 0.717) is 12.0 Å². The molecule has 4 heteroatoms. The molecule has 0 saturated carbocycles. The summed E-state index contributed by atoms with van der Waals surface area (Å²) in [4.78, 5) is 0. The van der Waals surface area contributed by atoms with Crippen LogP contribution < -0.4 is 5.32 Å². The van der Waals surface area contributed by atoms with E-state index in [4.69, 9.17) is 0 Å². The summed E-state index contributed by atoms with van der Waals surface area (Å²) in [7, 11) is 3.98. The Morgan fingerprint density at radius 1 is 1.64 bits per heavy atom. The standard InChI is InChI=1S/C10H18BrN3/c1-5-7(2)9(12-3)10-8(11)6-13-14(10)4/h6-7,9,12H,5H2,1-4H3. The van der Waals surface area contributed by atoms with Crippen molar-refractivity contribution in [1.29, 1.82) is 0 Å². The molecule has 2 atom stereocenters. The molecule has 0 radical (unpaired) electrons. The van der Waals surface area contributed by atoms with E-state index in [1.165, 1.54) is 5.69 Å². The van der Waals surface area contributed by atoms with Gasteiger partial charge in [0.15, 0.2) is 0 Å². The van der Waals surface area contributed by atoms with Gasteiger partial charge in [0.1, 0.15) is 0 Å². The summed E-state index contributed by atoms with van der Waals surface area (Å²) in [6.07, 6.45) is 3.01. The number of rotatable bonds is 4. The first-order valence-electron chi connectivity index (χ1n) is 4.96. The Morgan fingerprint density at radius 2 is 2.29 bits per heavy atom. The largest absolute Gasteiger partial charge is 0.311 e. The zero-order valence-corrected chi connectivity index (χ0v) is 10.8. The molecule has 0 fully saturated rings. The molecule has 1 heterocycles. The minimum absolute atomic E-state index is 0.363. The van der Waals surface area contributed by atoms with Crippen LogP contribution in [-0.2, 0) is 7.05 Å². The lowest BCUT2D eigenvalue weighted by Gasteiger charge is -2.23. The molecular weight excluding hydrogens is 242 g/mol. The van der Waals surface area contributed by atoms with Crippen LogP contribution in [0.2, 0.25) is 0 Å². The van der Waals surface area contributed by atoms with E-state index in [0.717, 1.165) is 10.9 Å². The van der Waals surface area contributed by atoms with Crippen LogP contribution in [0.15, 0.2) is 10.7 Å². The number of hydrogen-bond acceptors (Lipinski definition) is 2. The molecule has 0 aliphatic heterocycles. The van der Waals surface area contributed by atoms with E-state index in [1.807, 2.05) is 25.0 Å². The summed E-state index contributed by atoms with van der Waals surface area (Å²) in [6.45, 7) is 4.46. The number of nitrogens with one attached hydrogen (secondary N) is 1. The topological polar surface area (TPSA) is 29.9 Å². The van der Waals surface area contributed by atoms with Crippen LogP contribution in [0, 0.1) is 5.92 Å². The average molecular weight is 260 g/mol. The first-order chi connectivity index (χ1) is 6.61. The highest BCUT2D eigenvalue weighted by Gasteiger charge is 2.21. The predicted molar refractivity (Wildman–Crippen MR) is 62.2 cm³/mol. The van der Waals surface area contributed by atoms with Crippen molar-refractivity contribution in [1.82, 2.24) is 15.1 Å². The quantitative estimate of drug-likeness (QED) is 0.901. The van der Waals surface area contributed by atoms with Crippen molar-refractivity contribution in [3.63, 3.8) is 0 Å². The Morgan fingerprint density at radius 3 is 2.64 bits per heavy atom. The third-order valence-corrected chi connectivity index (χ3v) is 3.37. The third-order valence-electron chi connectivity index (χ3n) is 2.76. The van der Waals surface area contributed by atoms with Crippen LogP contribution in [-0.4, -0.2) is 16.8 Å². The molecule has 2 unspecified atom stereocenters. The molecule has 0 spiro atoms. The molecule has 0 aromatic carbocycles. The van der Waals surface area contributed by atoms with E-state index in [9.17, 15) is 0 Å². The second-order valence-electron chi connectivity index (χ2n) is 3.65. The van der Waals surface area contributed by atoms with Crippen molar-refractivity contribution in [2.45, 2.75) is 26.3 Å². The Labute approximate surface area is 94.0 Å². The highest BCUT2D eigenvalue weighted by atomic mass is 79.9. The van der Waals surface area contributed by atoms with E-state index in [2.05, 4.69) is 40.2 Å². The fraction of sp³-hybridized carbons (Fsp3) is 0.700. The van der Waals surface area contributed by atoms with Crippen molar-refractivity contribution in [2.75, 3.05) is 7.05 Å². The van der Waals surface area contributed by atoms with Crippen LogP contribution in [0.5, 0.6) is 0 Å². The zero-order chi connectivity index (χ0) is 10.7. The Bertz CT molecular complexity index is 276. The first kappa shape index (κ1) is 11.7. The number of aromatic nitrogens is 2. The lowest BCUT2D eigenvalue weighted by Crippen LogP contribution is -2.25. The van der Waals surface area contributed by atoms with Gasteiger partial charge >= 0.3 is 0 Å². The zero-order valence-electron chi connectivity index (χ0n) is 9.21. The summed E-state index contributed by atoms with van der Waals surface area (Å²) < 4.78 is 3.01. The fourth-order valence-corrected chi connectivity index (χ4v) is 2.29. The Kier molecular flexibility index (Phi) is 4.13. The molecule has 80 valence electrons. The van der Waals surface area contributed by atoms with Crippen molar-refractivity contribution in [2.24, 2.45) is 13.0 Å². The number of aryl methyl sites for hydroxylation is 1. The van der Waals surface area contributed by atoms with Gasteiger partial charge in [-0.1, -0.05) is 20.3 Å². The highest BCUT2D eigenvalue weighted by Crippen LogP contribution is 2.29. The second-order valence-corrected chi connectivity index (χ2v) is 4.51. The molecule has 1 aromatic rings. The van der Waals surface area contributed by atoms with Gasteiger partial charge < -0.3 is 5.32 Å². The monoisotopic (exact) mass is 259 g/mol. The molecule has 0 amide bonds. The van der Waals surface area contributed by atoms with E-state index < -0.39 is 0 Å². The van der Waals surface area contributed by atoms with Crippen LogP contribution in [0.1, 0.15) is 32.0 Å². The molecule has 0 saturated heterocycles. The normalized spacial score (nSPS) is 15.5. The lowest BCUT2D eigenvalue weighted by atomic mass is 9.96. The van der Waals surface area contributed by atoms with E-state index in [-0.39, 0.29) is 0 Å². The number of halogens is 1. The molecule has 0 aliphatic carbocycles. The minimum atomic E-state index is 0.363. The number of nitrogens with zero attached hydrogens (tertiary/aromatic N) is 2. The van der Waals surface area contributed by atoms with Gasteiger partial charge in [0.25, 0.3) is 0 Å². The van der Waals surface area contributed by atoms with Gasteiger partial charge in [0.05, 0.1) is 22.4 Å². The van der Waals surface area contributed by atoms with Gasteiger partial charge in [0.2, 0.25) is 0 Å². The number of hydrogen-bond donors (Lipinski definition) is 1. The van der Waals surface area contributed by atoms with Crippen LogP contribution in [0.25, 0.3) is 0 Å². The maximum absolute atomic E-state index is 4.23. The second kappa shape index (κ2) is 4.94.